The van der Waals surface area contributed by atoms with Gasteiger partial charge in [0, 0.05) is 19.8 Å². The Bertz CT molecular complexity index is 382. The molecule has 0 saturated heterocycles. The fourth-order valence-corrected chi connectivity index (χ4v) is 1.37. The third-order valence-electron chi connectivity index (χ3n) is 2.11. The third kappa shape index (κ3) is 3.08. The molecule has 0 unspecified atom stereocenters. The maximum absolute atomic E-state index is 11.0. The van der Waals surface area contributed by atoms with Crippen LogP contribution in [-0.2, 0) is 4.79 Å². The van der Waals surface area contributed by atoms with Gasteiger partial charge < -0.3 is 5.01 Å². The molecule has 1 aromatic rings. The Labute approximate surface area is 96.2 Å². The van der Waals surface area contributed by atoms with E-state index in [1.54, 1.807) is 11.9 Å². The molecule has 0 aromatic heterocycles. The number of hydrogen-bond acceptors (Lipinski definition) is 3. The van der Waals surface area contributed by atoms with Crippen LogP contribution in [0.2, 0.25) is 0 Å². The molecule has 0 aliphatic rings. The van der Waals surface area contributed by atoms with Crippen molar-refractivity contribution >= 4 is 17.9 Å². The number of benzene rings is 1. The molecule has 0 spiro atoms. The fraction of sp³-hybridized carbons (Fsp3) is 0.333. The van der Waals surface area contributed by atoms with Gasteiger partial charge in [-0.25, -0.2) is 0 Å². The molecule has 0 saturated carbocycles. The number of amidine groups is 1. The largest absolute Gasteiger partial charge is 0.301 e. The summed E-state index contributed by atoms with van der Waals surface area (Å²) >= 11 is 0. The predicted molar refractivity (Wildman–Crippen MR) is 66.5 cm³/mol. The lowest BCUT2D eigenvalue weighted by Crippen LogP contribution is -2.28. The molecular weight excluding hydrogens is 202 g/mol. The second-order valence-corrected chi connectivity index (χ2v) is 3.81. The monoisotopic (exact) mass is 219 g/mol. The van der Waals surface area contributed by atoms with Crippen molar-refractivity contribution in [2.24, 2.45) is 5.10 Å². The zero-order valence-corrected chi connectivity index (χ0v) is 10.1. The summed E-state index contributed by atoms with van der Waals surface area (Å²) in [5, 5.41) is 5.86. The van der Waals surface area contributed by atoms with Gasteiger partial charge in [-0.05, 0) is 26.0 Å². The Hall–Kier alpha value is -1.84. The normalized spacial score (nSPS) is 11.1. The molecule has 0 aliphatic carbocycles. The van der Waals surface area contributed by atoms with Gasteiger partial charge in [-0.2, -0.15) is 5.10 Å². The van der Waals surface area contributed by atoms with Crippen LogP contribution in [-0.4, -0.2) is 31.3 Å². The van der Waals surface area contributed by atoms with Crippen molar-refractivity contribution in [1.29, 1.82) is 0 Å². The third-order valence-corrected chi connectivity index (χ3v) is 2.11. The average molecular weight is 219 g/mol. The summed E-state index contributed by atoms with van der Waals surface area (Å²) in [7, 11) is 3.64. The van der Waals surface area contributed by atoms with Crippen LogP contribution in [0.25, 0.3) is 0 Å². The second kappa shape index (κ2) is 5.30. The van der Waals surface area contributed by atoms with Gasteiger partial charge in [0.15, 0.2) is 0 Å². The number of hydrogen-bond donors (Lipinski definition) is 0. The molecule has 0 aliphatic heterocycles. The second-order valence-electron chi connectivity index (χ2n) is 3.81. The van der Waals surface area contributed by atoms with E-state index in [2.05, 4.69) is 5.10 Å². The van der Waals surface area contributed by atoms with E-state index in [1.807, 2.05) is 45.3 Å². The number of anilines is 1. The van der Waals surface area contributed by atoms with Gasteiger partial charge in [-0.3, -0.25) is 9.69 Å². The van der Waals surface area contributed by atoms with Gasteiger partial charge in [0.2, 0.25) is 6.41 Å². The van der Waals surface area contributed by atoms with Crippen LogP contribution >= 0.6 is 0 Å². The van der Waals surface area contributed by atoms with Gasteiger partial charge >= 0.3 is 0 Å². The molecule has 0 heterocycles. The predicted octanol–water partition coefficient (Wildman–Crippen LogP) is 1.85. The van der Waals surface area contributed by atoms with E-state index in [4.69, 9.17) is 0 Å². The van der Waals surface area contributed by atoms with Gasteiger partial charge in [0.05, 0.1) is 0 Å². The number of nitrogens with zero attached hydrogens (tertiary/aromatic N) is 3. The van der Waals surface area contributed by atoms with Crippen LogP contribution in [0.15, 0.2) is 29.4 Å². The highest BCUT2D eigenvalue weighted by Crippen LogP contribution is 2.14. The number of aryl methyl sites for hydroxylation is 1. The van der Waals surface area contributed by atoms with Gasteiger partial charge in [-0.15, -0.1) is 0 Å². The van der Waals surface area contributed by atoms with Crippen molar-refractivity contribution < 1.29 is 4.79 Å². The molecule has 1 amide bonds. The SMILES string of the molecule is C/C(=N/N(C)C)N(C=O)c1ccc(C)cc1. The van der Waals surface area contributed by atoms with Crippen molar-refractivity contribution in [2.45, 2.75) is 13.8 Å². The van der Waals surface area contributed by atoms with Crippen LogP contribution in [0.5, 0.6) is 0 Å². The van der Waals surface area contributed by atoms with Crippen LogP contribution in [0.3, 0.4) is 0 Å². The van der Waals surface area contributed by atoms with Crippen LogP contribution in [0.1, 0.15) is 12.5 Å². The van der Waals surface area contributed by atoms with E-state index < -0.39 is 0 Å². The summed E-state index contributed by atoms with van der Waals surface area (Å²) in [5.41, 5.74) is 1.99. The van der Waals surface area contributed by atoms with Crippen LogP contribution in [0, 0.1) is 6.92 Å². The van der Waals surface area contributed by atoms with Crippen molar-refractivity contribution in [3.63, 3.8) is 0 Å². The zero-order chi connectivity index (χ0) is 12.1. The number of carbonyl (C=O) groups excluding carboxylic acids is 1. The van der Waals surface area contributed by atoms with E-state index in [-0.39, 0.29) is 0 Å². The zero-order valence-electron chi connectivity index (χ0n) is 10.1. The summed E-state index contributed by atoms with van der Waals surface area (Å²) in [5.74, 6) is 0.642. The lowest BCUT2D eigenvalue weighted by Gasteiger charge is -2.18. The minimum Gasteiger partial charge on any atom is -0.301 e. The summed E-state index contributed by atoms with van der Waals surface area (Å²) < 4.78 is 0. The Morgan fingerprint density at radius 2 is 1.81 bits per heavy atom. The van der Waals surface area contributed by atoms with Crippen LogP contribution < -0.4 is 4.90 Å². The number of hydrazone groups is 1. The minimum absolute atomic E-state index is 0.642. The first kappa shape index (κ1) is 12.2. The summed E-state index contributed by atoms with van der Waals surface area (Å²) in [4.78, 5) is 12.6. The number of amides is 1. The Balaban J connectivity index is 2.98. The standard InChI is InChI=1S/C12H17N3O/c1-10-5-7-12(8-6-10)15(9-16)11(2)13-14(3)4/h5-9H,1-4H3/b13-11-. The van der Waals surface area contributed by atoms with E-state index in [0.29, 0.717) is 5.84 Å². The molecule has 4 heteroatoms. The molecule has 0 N–H and O–H groups in total. The van der Waals surface area contributed by atoms with Crippen molar-refractivity contribution in [1.82, 2.24) is 5.01 Å². The highest BCUT2D eigenvalue weighted by atomic mass is 16.1. The molecule has 0 radical (unpaired) electrons. The molecule has 0 fully saturated rings. The van der Waals surface area contributed by atoms with E-state index in [9.17, 15) is 4.79 Å². The van der Waals surface area contributed by atoms with Crippen molar-refractivity contribution in [3.8, 4) is 0 Å². The quantitative estimate of drug-likeness (QED) is 0.336. The average Bonchev–Trinajstić information content (AvgIpc) is 2.21. The molecule has 1 rings (SSSR count). The minimum atomic E-state index is 0.642. The summed E-state index contributed by atoms with van der Waals surface area (Å²) in [6.45, 7) is 3.81. The Morgan fingerprint density at radius 3 is 2.25 bits per heavy atom. The lowest BCUT2D eigenvalue weighted by molar-refractivity contribution is -0.106. The first-order chi connectivity index (χ1) is 7.54. The summed E-state index contributed by atoms with van der Waals surface area (Å²) in [6, 6.07) is 7.74. The summed E-state index contributed by atoms with van der Waals surface area (Å²) in [6.07, 6.45) is 0.771. The van der Waals surface area contributed by atoms with Crippen LogP contribution in [0.4, 0.5) is 5.69 Å². The first-order valence-electron chi connectivity index (χ1n) is 5.08. The highest BCUT2D eigenvalue weighted by Gasteiger charge is 2.08. The molecule has 16 heavy (non-hydrogen) atoms. The molecule has 1 aromatic carbocycles. The molecule has 0 bridgehead atoms. The van der Waals surface area contributed by atoms with E-state index >= 15 is 0 Å². The molecule has 0 atom stereocenters. The number of rotatable bonds is 3. The fourth-order valence-electron chi connectivity index (χ4n) is 1.37. The lowest BCUT2D eigenvalue weighted by atomic mass is 10.2. The smallest absolute Gasteiger partial charge is 0.219 e. The maximum Gasteiger partial charge on any atom is 0.219 e. The Morgan fingerprint density at radius 1 is 1.25 bits per heavy atom. The first-order valence-corrected chi connectivity index (χ1v) is 5.08. The van der Waals surface area contributed by atoms with Gasteiger partial charge in [-0.1, -0.05) is 17.7 Å². The maximum atomic E-state index is 11.0. The van der Waals surface area contributed by atoms with E-state index in [0.717, 1.165) is 17.7 Å². The Kier molecular flexibility index (Phi) is 4.05. The molecule has 86 valence electrons. The van der Waals surface area contributed by atoms with Crippen molar-refractivity contribution in [2.75, 3.05) is 19.0 Å². The van der Waals surface area contributed by atoms with Gasteiger partial charge in [0.1, 0.15) is 5.84 Å². The molecular formula is C12H17N3O. The molecule has 4 nitrogen and oxygen atoms in total. The highest BCUT2D eigenvalue weighted by molar-refractivity contribution is 6.08. The van der Waals surface area contributed by atoms with E-state index in [1.165, 1.54) is 4.90 Å². The number of carbonyl (C=O) groups is 1. The topological polar surface area (TPSA) is 35.9 Å². The van der Waals surface area contributed by atoms with Gasteiger partial charge in [0.25, 0.3) is 0 Å². The van der Waals surface area contributed by atoms with Crippen molar-refractivity contribution in [3.05, 3.63) is 29.8 Å².